The zero-order valence-electron chi connectivity index (χ0n) is 16.9. The molecule has 0 spiro atoms. The Labute approximate surface area is 170 Å². The maximum Gasteiger partial charge on any atom is 0.239 e. The number of nitrogens with one attached hydrogen (secondary N) is 2. The van der Waals surface area contributed by atoms with E-state index in [4.69, 9.17) is 9.47 Å². The molecule has 7 nitrogen and oxygen atoms in total. The highest BCUT2D eigenvalue weighted by Gasteiger charge is 2.31. The van der Waals surface area contributed by atoms with Gasteiger partial charge in [0.15, 0.2) is 11.6 Å². The summed E-state index contributed by atoms with van der Waals surface area (Å²) in [4.78, 5) is 26.8. The highest BCUT2D eigenvalue weighted by Crippen LogP contribution is 2.24. The van der Waals surface area contributed by atoms with Crippen molar-refractivity contribution in [3.8, 4) is 5.75 Å². The zero-order valence-corrected chi connectivity index (χ0v) is 16.9. The lowest BCUT2D eigenvalue weighted by Gasteiger charge is -2.34. The molecule has 1 saturated carbocycles. The molecule has 1 atom stereocenters. The van der Waals surface area contributed by atoms with Crippen molar-refractivity contribution in [2.24, 2.45) is 5.92 Å². The van der Waals surface area contributed by atoms with Crippen LogP contribution in [0.4, 0.5) is 4.39 Å². The Morgan fingerprint density at radius 3 is 2.69 bits per heavy atom. The van der Waals surface area contributed by atoms with Gasteiger partial charge in [-0.15, -0.1) is 0 Å². The average Bonchev–Trinajstić information content (AvgIpc) is 2.73. The molecule has 2 aliphatic rings. The molecule has 8 heteroatoms. The number of likely N-dealkylation sites (N-methyl/N-ethyl adjacent to an activating group) is 1. The number of carbonyl (C=O) groups is 2. The monoisotopic (exact) mass is 407 g/mol. The quantitative estimate of drug-likeness (QED) is 0.667. The van der Waals surface area contributed by atoms with Gasteiger partial charge in [0.2, 0.25) is 11.8 Å². The Morgan fingerprint density at radius 1 is 1.21 bits per heavy atom. The van der Waals surface area contributed by atoms with Crippen molar-refractivity contribution in [3.63, 3.8) is 0 Å². The summed E-state index contributed by atoms with van der Waals surface area (Å²) < 4.78 is 24.2. The van der Waals surface area contributed by atoms with Gasteiger partial charge < -0.3 is 20.1 Å². The second kappa shape index (κ2) is 10.5. The molecule has 0 aromatic heterocycles. The van der Waals surface area contributed by atoms with Crippen molar-refractivity contribution in [2.75, 3.05) is 40.0 Å². The first-order valence-corrected chi connectivity index (χ1v) is 10.3. The Bertz CT molecular complexity index is 694. The molecule has 29 heavy (non-hydrogen) atoms. The number of amides is 2. The number of halogens is 1. The number of para-hydroxylation sites is 1. The van der Waals surface area contributed by atoms with Gasteiger partial charge in [0.25, 0.3) is 0 Å². The Kier molecular flexibility index (Phi) is 7.83. The van der Waals surface area contributed by atoms with E-state index >= 15 is 0 Å². The highest BCUT2D eigenvalue weighted by molar-refractivity contribution is 5.82. The topological polar surface area (TPSA) is 79.9 Å². The Hall–Kier alpha value is -2.19. The molecule has 1 aromatic carbocycles. The largest absolute Gasteiger partial charge is 0.489 e. The van der Waals surface area contributed by atoms with E-state index in [1.165, 1.54) is 6.07 Å². The predicted molar refractivity (Wildman–Crippen MR) is 106 cm³/mol. The standard InChI is InChI=1S/C21H30FN3O4/c1-25-11-13-28-14-18(25)21(27)24-16-8-6-15(7-9-16)20(26)23-10-12-29-19-5-3-2-4-17(19)22/h2-5,15-16,18H,6-14H2,1H3,(H,23,26)(H,24,27)/t15?,16?,18-/m1/s1. The molecular formula is C21H30FN3O4. The van der Waals surface area contributed by atoms with Crippen LogP contribution in [0.15, 0.2) is 24.3 Å². The van der Waals surface area contributed by atoms with Crippen LogP contribution in [-0.2, 0) is 14.3 Å². The SMILES string of the molecule is CN1CCOC[C@@H]1C(=O)NC1CCC(C(=O)NCCOc2ccccc2F)CC1. The van der Waals surface area contributed by atoms with E-state index in [0.717, 1.165) is 32.2 Å². The number of nitrogens with zero attached hydrogens (tertiary/aromatic N) is 1. The number of ether oxygens (including phenoxy) is 2. The maximum absolute atomic E-state index is 13.5. The summed E-state index contributed by atoms with van der Waals surface area (Å²) in [6, 6.07) is 6.07. The Morgan fingerprint density at radius 2 is 1.97 bits per heavy atom. The summed E-state index contributed by atoms with van der Waals surface area (Å²) in [7, 11) is 1.93. The summed E-state index contributed by atoms with van der Waals surface area (Å²) in [5.74, 6) is -0.285. The first-order chi connectivity index (χ1) is 14.0. The fraction of sp³-hybridized carbons (Fsp3) is 0.619. The second-order valence-electron chi connectivity index (χ2n) is 7.70. The lowest BCUT2D eigenvalue weighted by Crippen LogP contribution is -2.54. The van der Waals surface area contributed by atoms with Crippen molar-refractivity contribution in [3.05, 3.63) is 30.1 Å². The number of benzene rings is 1. The van der Waals surface area contributed by atoms with E-state index < -0.39 is 5.82 Å². The van der Waals surface area contributed by atoms with Gasteiger partial charge in [-0.1, -0.05) is 12.1 Å². The fourth-order valence-electron chi connectivity index (χ4n) is 3.80. The molecule has 1 heterocycles. The highest BCUT2D eigenvalue weighted by atomic mass is 19.1. The third-order valence-corrected chi connectivity index (χ3v) is 5.64. The molecule has 0 radical (unpaired) electrons. The lowest BCUT2D eigenvalue weighted by atomic mass is 9.85. The summed E-state index contributed by atoms with van der Waals surface area (Å²) in [5, 5.41) is 5.96. The van der Waals surface area contributed by atoms with Crippen LogP contribution in [0.3, 0.4) is 0 Å². The fourth-order valence-corrected chi connectivity index (χ4v) is 3.80. The second-order valence-corrected chi connectivity index (χ2v) is 7.70. The van der Waals surface area contributed by atoms with Crippen molar-refractivity contribution in [1.29, 1.82) is 0 Å². The summed E-state index contributed by atoms with van der Waals surface area (Å²) in [5.41, 5.74) is 0. The van der Waals surface area contributed by atoms with Gasteiger partial charge in [-0.05, 0) is 44.9 Å². The van der Waals surface area contributed by atoms with E-state index in [2.05, 4.69) is 10.6 Å². The van der Waals surface area contributed by atoms with Gasteiger partial charge in [0, 0.05) is 18.5 Å². The van der Waals surface area contributed by atoms with Crippen molar-refractivity contribution in [1.82, 2.24) is 15.5 Å². The van der Waals surface area contributed by atoms with Crippen LogP contribution in [-0.4, -0.2) is 68.8 Å². The molecule has 1 aliphatic heterocycles. The molecule has 2 amide bonds. The summed E-state index contributed by atoms with van der Waals surface area (Å²) in [6.07, 6.45) is 3.05. The van der Waals surface area contributed by atoms with E-state index in [9.17, 15) is 14.0 Å². The minimum atomic E-state index is -0.412. The molecule has 2 fully saturated rings. The van der Waals surface area contributed by atoms with Crippen LogP contribution in [0.25, 0.3) is 0 Å². The molecule has 160 valence electrons. The molecular weight excluding hydrogens is 377 g/mol. The number of hydrogen-bond donors (Lipinski definition) is 2. The predicted octanol–water partition coefficient (Wildman–Crippen LogP) is 1.33. The maximum atomic E-state index is 13.5. The van der Waals surface area contributed by atoms with E-state index in [1.807, 2.05) is 11.9 Å². The third-order valence-electron chi connectivity index (χ3n) is 5.64. The molecule has 2 N–H and O–H groups in total. The Balaban J connectivity index is 1.33. The van der Waals surface area contributed by atoms with Crippen LogP contribution in [0.5, 0.6) is 5.75 Å². The van der Waals surface area contributed by atoms with E-state index in [-0.39, 0.29) is 42.2 Å². The van der Waals surface area contributed by atoms with Gasteiger partial charge in [-0.2, -0.15) is 0 Å². The third kappa shape index (κ3) is 6.14. The van der Waals surface area contributed by atoms with Gasteiger partial charge in [0.1, 0.15) is 12.6 Å². The van der Waals surface area contributed by atoms with Crippen molar-refractivity contribution < 1.29 is 23.5 Å². The number of morpholine rings is 1. The molecule has 1 saturated heterocycles. The van der Waals surface area contributed by atoms with Gasteiger partial charge in [-0.3, -0.25) is 14.5 Å². The van der Waals surface area contributed by atoms with Crippen LogP contribution in [0.1, 0.15) is 25.7 Å². The number of hydrogen-bond acceptors (Lipinski definition) is 5. The number of rotatable bonds is 7. The summed E-state index contributed by atoms with van der Waals surface area (Å²) >= 11 is 0. The van der Waals surface area contributed by atoms with E-state index in [0.29, 0.717) is 19.8 Å². The minimum absolute atomic E-state index is 0.00499. The van der Waals surface area contributed by atoms with Crippen LogP contribution in [0, 0.1) is 11.7 Å². The minimum Gasteiger partial charge on any atom is -0.489 e. The number of carbonyl (C=O) groups excluding carboxylic acids is 2. The van der Waals surface area contributed by atoms with Gasteiger partial charge in [0.05, 0.1) is 19.8 Å². The van der Waals surface area contributed by atoms with E-state index in [1.54, 1.807) is 18.2 Å². The van der Waals surface area contributed by atoms with Crippen LogP contribution in [0.2, 0.25) is 0 Å². The molecule has 3 rings (SSSR count). The lowest BCUT2D eigenvalue weighted by molar-refractivity contribution is -0.132. The van der Waals surface area contributed by atoms with Crippen LogP contribution < -0.4 is 15.4 Å². The smallest absolute Gasteiger partial charge is 0.239 e. The van der Waals surface area contributed by atoms with Crippen molar-refractivity contribution in [2.45, 2.75) is 37.8 Å². The molecule has 1 aliphatic carbocycles. The average molecular weight is 407 g/mol. The van der Waals surface area contributed by atoms with Crippen molar-refractivity contribution >= 4 is 11.8 Å². The van der Waals surface area contributed by atoms with Gasteiger partial charge in [-0.25, -0.2) is 4.39 Å². The zero-order chi connectivity index (χ0) is 20.6. The molecule has 0 unspecified atom stereocenters. The normalized spacial score (nSPS) is 25.2. The van der Waals surface area contributed by atoms with Crippen LogP contribution >= 0.6 is 0 Å². The first kappa shape index (κ1) is 21.5. The first-order valence-electron chi connectivity index (χ1n) is 10.3. The molecule has 1 aromatic rings. The molecule has 0 bridgehead atoms. The van der Waals surface area contributed by atoms with Gasteiger partial charge >= 0.3 is 0 Å². The summed E-state index contributed by atoms with van der Waals surface area (Å²) in [6.45, 7) is 2.39.